The molecule has 3 aromatic rings. The van der Waals surface area contributed by atoms with Gasteiger partial charge in [0.25, 0.3) is 0 Å². The van der Waals surface area contributed by atoms with Crippen molar-refractivity contribution >= 4 is 22.8 Å². The number of fused-ring (bicyclic) bond motifs is 1. The third-order valence-electron chi connectivity index (χ3n) is 2.30. The average molecular weight is 264 g/mol. The second kappa shape index (κ2) is 4.11. The number of nitrogens with one attached hydrogen (secondary N) is 3. The van der Waals surface area contributed by atoms with Crippen molar-refractivity contribution in [2.75, 3.05) is 5.32 Å². The highest BCUT2D eigenvalue weighted by Crippen LogP contribution is 2.05. The molecule has 0 aliphatic heterocycles. The molecule has 9 heteroatoms. The standard InChI is InChI=1S/C9H8N6O2S/c16-8-13-12-7-2-1-6(14-15(7)8)10-3-5-4-18-9(17)11-5/h1-2,4H,3H2,(H,10,14)(H,11,17)(H,13,16). The number of aromatic nitrogens is 5. The summed E-state index contributed by atoms with van der Waals surface area (Å²) in [7, 11) is 0. The summed E-state index contributed by atoms with van der Waals surface area (Å²) in [5, 5.41) is 14.9. The second-order valence-corrected chi connectivity index (χ2v) is 4.39. The fraction of sp³-hybridized carbons (Fsp3) is 0.111. The zero-order valence-electron chi connectivity index (χ0n) is 9.01. The maximum absolute atomic E-state index is 11.3. The van der Waals surface area contributed by atoms with Gasteiger partial charge < -0.3 is 10.3 Å². The van der Waals surface area contributed by atoms with Crippen LogP contribution in [0.4, 0.5) is 5.82 Å². The number of rotatable bonds is 3. The Hall–Kier alpha value is -2.42. The normalized spacial score (nSPS) is 10.9. The van der Waals surface area contributed by atoms with E-state index in [4.69, 9.17) is 0 Å². The minimum absolute atomic E-state index is 0.0961. The van der Waals surface area contributed by atoms with Crippen molar-refractivity contribution in [3.05, 3.63) is 43.4 Å². The molecular weight excluding hydrogens is 256 g/mol. The van der Waals surface area contributed by atoms with E-state index in [9.17, 15) is 9.59 Å². The highest BCUT2D eigenvalue weighted by atomic mass is 32.1. The van der Waals surface area contributed by atoms with Crippen LogP contribution in [0.15, 0.2) is 27.1 Å². The minimum Gasteiger partial charge on any atom is -0.363 e. The van der Waals surface area contributed by atoms with E-state index in [1.54, 1.807) is 17.5 Å². The topological polar surface area (TPSA) is 108 Å². The number of aromatic amines is 2. The largest absolute Gasteiger partial charge is 0.364 e. The highest BCUT2D eigenvalue weighted by molar-refractivity contribution is 7.07. The first-order chi connectivity index (χ1) is 8.72. The fourth-order valence-corrected chi connectivity index (χ4v) is 2.07. The molecule has 3 rings (SSSR count). The van der Waals surface area contributed by atoms with Crippen LogP contribution in [0.1, 0.15) is 5.69 Å². The summed E-state index contributed by atoms with van der Waals surface area (Å²) in [6, 6.07) is 3.38. The van der Waals surface area contributed by atoms with Crippen molar-refractivity contribution in [3.63, 3.8) is 0 Å². The molecule has 0 fully saturated rings. The van der Waals surface area contributed by atoms with Gasteiger partial charge in [-0.15, -0.1) is 5.10 Å². The molecule has 0 atom stereocenters. The van der Waals surface area contributed by atoms with Gasteiger partial charge in [0.2, 0.25) is 0 Å². The first kappa shape index (κ1) is 10.7. The molecule has 0 spiro atoms. The maximum atomic E-state index is 11.3. The van der Waals surface area contributed by atoms with Crippen molar-refractivity contribution in [2.24, 2.45) is 0 Å². The van der Waals surface area contributed by atoms with Crippen LogP contribution < -0.4 is 15.9 Å². The third kappa shape index (κ3) is 1.91. The maximum Gasteiger partial charge on any atom is 0.364 e. The molecule has 3 aromatic heterocycles. The zero-order valence-corrected chi connectivity index (χ0v) is 9.82. The third-order valence-corrected chi connectivity index (χ3v) is 3.02. The Kier molecular flexibility index (Phi) is 2.45. The molecule has 0 aromatic carbocycles. The summed E-state index contributed by atoms with van der Waals surface area (Å²) in [5.74, 6) is 0.526. The van der Waals surface area contributed by atoms with Crippen molar-refractivity contribution in [3.8, 4) is 0 Å². The molecule has 0 radical (unpaired) electrons. The van der Waals surface area contributed by atoms with E-state index in [1.165, 1.54) is 4.52 Å². The average Bonchev–Trinajstić information content (AvgIpc) is 2.94. The van der Waals surface area contributed by atoms with E-state index < -0.39 is 5.69 Å². The first-order valence-corrected chi connectivity index (χ1v) is 5.95. The number of hydrogen-bond donors (Lipinski definition) is 3. The smallest absolute Gasteiger partial charge is 0.363 e. The number of thiazole rings is 1. The van der Waals surface area contributed by atoms with E-state index in [1.807, 2.05) is 0 Å². The van der Waals surface area contributed by atoms with Crippen molar-refractivity contribution < 1.29 is 0 Å². The molecule has 3 N–H and O–H groups in total. The lowest BCUT2D eigenvalue weighted by Gasteiger charge is -2.02. The summed E-state index contributed by atoms with van der Waals surface area (Å²) in [5.41, 5.74) is 0.832. The number of nitrogens with zero attached hydrogens (tertiary/aromatic N) is 3. The second-order valence-electron chi connectivity index (χ2n) is 3.54. The molecule has 0 saturated heterocycles. The van der Waals surface area contributed by atoms with E-state index in [0.29, 0.717) is 18.0 Å². The monoisotopic (exact) mass is 264 g/mol. The lowest BCUT2D eigenvalue weighted by atomic mass is 10.4. The zero-order chi connectivity index (χ0) is 12.5. The summed E-state index contributed by atoms with van der Waals surface area (Å²) < 4.78 is 1.17. The van der Waals surface area contributed by atoms with Gasteiger partial charge in [-0.3, -0.25) is 4.79 Å². The Morgan fingerprint density at radius 1 is 1.39 bits per heavy atom. The molecular formula is C9H8N6O2S. The van der Waals surface area contributed by atoms with Gasteiger partial charge >= 0.3 is 10.6 Å². The molecule has 92 valence electrons. The predicted molar refractivity (Wildman–Crippen MR) is 65.9 cm³/mol. The van der Waals surface area contributed by atoms with Gasteiger partial charge in [-0.05, 0) is 12.1 Å². The van der Waals surface area contributed by atoms with Crippen molar-refractivity contribution in [1.29, 1.82) is 0 Å². The van der Waals surface area contributed by atoms with Gasteiger partial charge in [-0.25, -0.2) is 9.89 Å². The Labute approximate surface area is 103 Å². The lowest BCUT2D eigenvalue weighted by Crippen LogP contribution is -2.14. The summed E-state index contributed by atoms with van der Waals surface area (Å²) in [6.45, 7) is 0.434. The quantitative estimate of drug-likeness (QED) is 0.606. The summed E-state index contributed by atoms with van der Waals surface area (Å²) >= 11 is 1.10. The molecule has 0 unspecified atom stereocenters. The molecule has 0 aliphatic rings. The Balaban J connectivity index is 1.84. The van der Waals surface area contributed by atoms with E-state index in [2.05, 4.69) is 25.6 Å². The van der Waals surface area contributed by atoms with Gasteiger partial charge in [0, 0.05) is 11.1 Å². The summed E-state index contributed by atoms with van der Waals surface area (Å²) in [4.78, 5) is 24.8. The Morgan fingerprint density at radius 2 is 2.28 bits per heavy atom. The van der Waals surface area contributed by atoms with Gasteiger partial charge in [0.15, 0.2) is 5.65 Å². The SMILES string of the molecule is O=c1[nH]c(CNc2ccc3n[nH]c(=O)n3n2)cs1. The summed E-state index contributed by atoms with van der Waals surface area (Å²) in [6.07, 6.45) is 0. The van der Waals surface area contributed by atoms with Gasteiger partial charge in [0.1, 0.15) is 5.82 Å². The lowest BCUT2D eigenvalue weighted by molar-refractivity contribution is 0.873. The Morgan fingerprint density at radius 3 is 3.06 bits per heavy atom. The van der Waals surface area contributed by atoms with Gasteiger partial charge in [-0.1, -0.05) is 11.3 Å². The van der Waals surface area contributed by atoms with Crippen LogP contribution in [0.25, 0.3) is 5.65 Å². The molecule has 3 heterocycles. The highest BCUT2D eigenvalue weighted by Gasteiger charge is 2.03. The van der Waals surface area contributed by atoms with E-state index in [0.717, 1.165) is 17.0 Å². The molecule has 0 amide bonds. The van der Waals surface area contributed by atoms with E-state index >= 15 is 0 Å². The predicted octanol–water partition coefficient (Wildman–Crippen LogP) is -0.221. The molecule has 18 heavy (non-hydrogen) atoms. The van der Waals surface area contributed by atoms with Gasteiger partial charge in [0.05, 0.1) is 6.54 Å². The number of H-pyrrole nitrogens is 2. The van der Waals surface area contributed by atoms with Crippen LogP contribution in [0.3, 0.4) is 0 Å². The van der Waals surface area contributed by atoms with Crippen molar-refractivity contribution in [1.82, 2.24) is 24.8 Å². The molecule has 0 saturated carbocycles. The molecule has 0 bridgehead atoms. The minimum atomic E-state index is -0.391. The molecule has 0 aliphatic carbocycles. The van der Waals surface area contributed by atoms with E-state index in [-0.39, 0.29) is 4.87 Å². The van der Waals surface area contributed by atoms with Crippen LogP contribution in [-0.4, -0.2) is 24.8 Å². The van der Waals surface area contributed by atoms with Crippen LogP contribution in [-0.2, 0) is 6.54 Å². The number of anilines is 1. The van der Waals surface area contributed by atoms with Gasteiger partial charge in [-0.2, -0.15) is 9.61 Å². The van der Waals surface area contributed by atoms with Crippen LogP contribution in [0.5, 0.6) is 0 Å². The molecule has 8 nitrogen and oxygen atoms in total. The van der Waals surface area contributed by atoms with Crippen LogP contribution in [0, 0.1) is 0 Å². The fourth-order valence-electron chi connectivity index (χ4n) is 1.48. The first-order valence-electron chi connectivity index (χ1n) is 5.07. The van der Waals surface area contributed by atoms with Crippen LogP contribution >= 0.6 is 11.3 Å². The Bertz CT molecular complexity index is 797. The van der Waals surface area contributed by atoms with Crippen molar-refractivity contribution in [2.45, 2.75) is 6.54 Å². The van der Waals surface area contributed by atoms with Crippen LogP contribution in [0.2, 0.25) is 0 Å². The number of hydrogen-bond acceptors (Lipinski definition) is 6.